The van der Waals surface area contributed by atoms with Crippen LogP contribution in [0.25, 0.3) is 0 Å². The highest BCUT2D eigenvalue weighted by molar-refractivity contribution is 7.10. The molecule has 1 aromatic heterocycles. The number of thiophene rings is 1. The van der Waals surface area contributed by atoms with Crippen molar-refractivity contribution in [1.82, 2.24) is 5.32 Å². The van der Waals surface area contributed by atoms with E-state index >= 15 is 0 Å². The van der Waals surface area contributed by atoms with Gasteiger partial charge in [0.1, 0.15) is 6.04 Å². The highest BCUT2D eigenvalue weighted by Gasteiger charge is 2.15. The van der Waals surface area contributed by atoms with Crippen LogP contribution in [0.4, 0.5) is 0 Å². The molecule has 0 saturated heterocycles. The van der Waals surface area contributed by atoms with E-state index in [1.807, 2.05) is 17.5 Å². The normalized spacial score (nSPS) is 12.7. The first-order valence-electron chi connectivity index (χ1n) is 6.25. The second kappa shape index (κ2) is 8.24. The summed E-state index contributed by atoms with van der Waals surface area (Å²) >= 11 is 1.49. The molecule has 18 heavy (non-hydrogen) atoms. The molecule has 0 radical (unpaired) electrons. The molecule has 1 unspecified atom stereocenters. The van der Waals surface area contributed by atoms with Crippen molar-refractivity contribution < 1.29 is 9.53 Å². The van der Waals surface area contributed by atoms with Gasteiger partial charge >= 0.3 is 0 Å². The van der Waals surface area contributed by atoms with Crippen molar-refractivity contribution in [3.05, 3.63) is 22.4 Å². The molecule has 4 nitrogen and oxygen atoms in total. The molecule has 0 fully saturated rings. The lowest BCUT2D eigenvalue weighted by Gasteiger charge is -2.11. The maximum Gasteiger partial charge on any atom is 0.242 e. The van der Waals surface area contributed by atoms with Crippen molar-refractivity contribution >= 4 is 17.2 Å². The lowest BCUT2D eigenvalue weighted by Crippen LogP contribution is -2.35. The van der Waals surface area contributed by atoms with Gasteiger partial charge in [-0.3, -0.25) is 4.79 Å². The van der Waals surface area contributed by atoms with E-state index < -0.39 is 6.04 Å². The van der Waals surface area contributed by atoms with Crippen LogP contribution in [0.1, 0.15) is 31.2 Å². The molecular formula is C13H22N2O2S. The standard InChI is InChI=1S/C13H22N2O2S/c1-10(2)5-7-17-8-6-15-13(16)12(14)11-4-3-9-18-11/h3-4,9-10,12H,5-8,14H2,1-2H3,(H,15,16). The SMILES string of the molecule is CC(C)CCOCCNC(=O)C(N)c1cccs1. The number of nitrogens with two attached hydrogens (primary N) is 1. The van der Waals surface area contributed by atoms with Gasteiger partial charge in [-0.25, -0.2) is 0 Å². The van der Waals surface area contributed by atoms with Crippen molar-refractivity contribution in [2.45, 2.75) is 26.3 Å². The summed E-state index contributed by atoms with van der Waals surface area (Å²) in [5.41, 5.74) is 5.82. The summed E-state index contributed by atoms with van der Waals surface area (Å²) < 4.78 is 5.41. The Morgan fingerprint density at radius 2 is 2.28 bits per heavy atom. The molecule has 1 amide bonds. The first-order valence-corrected chi connectivity index (χ1v) is 7.13. The second-order valence-corrected chi connectivity index (χ2v) is 5.56. The minimum atomic E-state index is -0.569. The summed E-state index contributed by atoms with van der Waals surface area (Å²) in [5.74, 6) is 0.497. The van der Waals surface area contributed by atoms with Gasteiger partial charge < -0.3 is 15.8 Å². The van der Waals surface area contributed by atoms with Gasteiger partial charge in [-0.15, -0.1) is 11.3 Å². The molecule has 0 saturated carbocycles. The summed E-state index contributed by atoms with van der Waals surface area (Å²) in [6.45, 7) is 6.10. The van der Waals surface area contributed by atoms with E-state index in [1.165, 1.54) is 11.3 Å². The Labute approximate surface area is 113 Å². The van der Waals surface area contributed by atoms with Crippen LogP contribution in [0.3, 0.4) is 0 Å². The van der Waals surface area contributed by atoms with Crippen LogP contribution in [0.5, 0.6) is 0 Å². The zero-order chi connectivity index (χ0) is 13.4. The molecule has 3 N–H and O–H groups in total. The van der Waals surface area contributed by atoms with E-state index in [9.17, 15) is 4.79 Å². The first kappa shape index (κ1) is 15.1. The molecule has 1 heterocycles. The molecule has 102 valence electrons. The highest BCUT2D eigenvalue weighted by atomic mass is 32.1. The van der Waals surface area contributed by atoms with Crippen LogP contribution in [-0.4, -0.2) is 25.7 Å². The van der Waals surface area contributed by atoms with Crippen LogP contribution in [0.2, 0.25) is 0 Å². The fraction of sp³-hybridized carbons (Fsp3) is 0.615. The Hall–Kier alpha value is -0.910. The van der Waals surface area contributed by atoms with Crippen LogP contribution in [0.15, 0.2) is 17.5 Å². The van der Waals surface area contributed by atoms with Crippen molar-refractivity contribution in [3.63, 3.8) is 0 Å². The fourth-order valence-corrected chi connectivity index (χ4v) is 2.10. The van der Waals surface area contributed by atoms with E-state index in [-0.39, 0.29) is 5.91 Å². The third-order valence-corrected chi connectivity index (χ3v) is 3.47. The number of carbonyl (C=O) groups excluding carboxylic acids is 1. The van der Waals surface area contributed by atoms with Crippen molar-refractivity contribution in [1.29, 1.82) is 0 Å². The second-order valence-electron chi connectivity index (χ2n) is 4.58. The van der Waals surface area contributed by atoms with E-state index in [4.69, 9.17) is 10.5 Å². The molecule has 0 aromatic carbocycles. The maximum absolute atomic E-state index is 11.7. The molecule has 0 aliphatic rings. The predicted molar refractivity (Wildman–Crippen MR) is 74.5 cm³/mol. The molecule has 0 bridgehead atoms. The third kappa shape index (κ3) is 5.62. The van der Waals surface area contributed by atoms with Crippen molar-refractivity contribution in [2.24, 2.45) is 11.7 Å². The van der Waals surface area contributed by atoms with Gasteiger partial charge in [0.05, 0.1) is 6.61 Å². The molecule has 0 aliphatic heterocycles. The number of nitrogens with one attached hydrogen (secondary N) is 1. The summed E-state index contributed by atoms with van der Waals surface area (Å²) in [5, 5.41) is 4.69. The van der Waals surface area contributed by atoms with E-state index in [1.54, 1.807) is 0 Å². The average molecular weight is 270 g/mol. The van der Waals surface area contributed by atoms with Crippen molar-refractivity contribution in [2.75, 3.05) is 19.8 Å². The zero-order valence-electron chi connectivity index (χ0n) is 11.0. The smallest absolute Gasteiger partial charge is 0.242 e. The number of hydrogen-bond donors (Lipinski definition) is 2. The quantitative estimate of drug-likeness (QED) is 0.709. The number of carbonyl (C=O) groups is 1. The molecule has 1 rings (SSSR count). The predicted octanol–water partition coefficient (Wildman–Crippen LogP) is 1.93. The molecular weight excluding hydrogens is 248 g/mol. The summed E-state index contributed by atoms with van der Waals surface area (Å²) in [7, 11) is 0. The van der Waals surface area contributed by atoms with E-state index in [2.05, 4.69) is 19.2 Å². The Morgan fingerprint density at radius 3 is 2.89 bits per heavy atom. The maximum atomic E-state index is 11.7. The van der Waals surface area contributed by atoms with E-state index in [0.29, 0.717) is 19.1 Å². The Balaban J connectivity index is 2.10. The Bertz CT molecular complexity index is 339. The number of ether oxygens (including phenoxy) is 1. The molecule has 1 aromatic rings. The fourth-order valence-electron chi connectivity index (χ4n) is 1.37. The number of hydrogen-bond acceptors (Lipinski definition) is 4. The van der Waals surface area contributed by atoms with Gasteiger partial charge in [0, 0.05) is 18.0 Å². The number of amides is 1. The van der Waals surface area contributed by atoms with Gasteiger partial charge in [-0.05, 0) is 23.8 Å². The van der Waals surface area contributed by atoms with Crippen LogP contribution >= 0.6 is 11.3 Å². The molecule has 1 atom stereocenters. The van der Waals surface area contributed by atoms with Crippen LogP contribution in [0, 0.1) is 5.92 Å². The Kier molecular flexibility index (Phi) is 6.93. The lowest BCUT2D eigenvalue weighted by atomic mass is 10.1. The first-order chi connectivity index (χ1) is 8.61. The van der Waals surface area contributed by atoms with Crippen LogP contribution in [-0.2, 0) is 9.53 Å². The molecule has 0 spiro atoms. The summed E-state index contributed by atoms with van der Waals surface area (Å²) in [6, 6.07) is 3.19. The Morgan fingerprint density at radius 1 is 1.50 bits per heavy atom. The van der Waals surface area contributed by atoms with Crippen LogP contribution < -0.4 is 11.1 Å². The minimum absolute atomic E-state index is 0.148. The topological polar surface area (TPSA) is 64.3 Å². The average Bonchev–Trinajstić information content (AvgIpc) is 2.85. The number of rotatable bonds is 8. The third-order valence-electron chi connectivity index (χ3n) is 2.52. The lowest BCUT2D eigenvalue weighted by molar-refractivity contribution is -0.122. The monoisotopic (exact) mass is 270 g/mol. The van der Waals surface area contributed by atoms with E-state index in [0.717, 1.165) is 17.9 Å². The van der Waals surface area contributed by atoms with Gasteiger partial charge in [0.25, 0.3) is 0 Å². The molecule has 0 aliphatic carbocycles. The summed E-state index contributed by atoms with van der Waals surface area (Å²) in [6.07, 6.45) is 1.04. The van der Waals surface area contributed by atoms with Gasteiger partial charge in [-0.2, -0.15) is 0 Å². The van der Waals surface area contributed by atoms with Gasteiger partial charge in [0.2, 0.25) is 5.91 Å². The zero-order valence-corrected chi connectivity index (χ0v) is 11.8. The summed E-state index contributed by atoms with van der Waals surface area (Å²) in [4.78, 5) is 12.6. The molecule has 5 heteroatoms. The highest BCUT2D eigenvalue weighted by Crippen LogP contribution is 2.16. The minimum Gasteiger partial charge on any atom is -0.380 e. The van der Waals surface area contributed by atoms with Crippen molar-refractivity contribution in [3.8, 4) is 0 Å². The largest absolute Gasteiger partial charge is 0.380 e. The van der Waals surface area contributed by atoms with Gasteiger partial charge in [-0.1, -0.05) is 19.9 Å². The van der Waals surface area contributed by atoms with Gasteiger partial charge in [0.15, 0.2) is 0 Å².